The van der Waals surface area contributed by atoms with Gasteiger partial charge in [0.05, 0.1) is 7.11 Å². The third-order valence-corrected chi connectivity index (χ3v) is 2.78. The lowest BCUT2D eigenvalue weighted by molar-refractivity contribution is 0.0696. The van der Waals surface area contributed by atoms with E-state index in [4.69, 9.17) is 9.15 Å². The van der Waals surface area contributed by atoms with Crippen LogP contribution in [0.3, 0.4) is 0 Å². The number of rotatable bonds is 4. The number of aromatic carboxylic acids is 1. The van der Waals surface area contributed by atoms with E-state index in [2.05, 4.69) is 0 Å². The zero-order valence-corrected chi connectivity index (χ0v) is 10.7. The third kappa shape index (κ3) is 2.18. The van der Waals surface area contributed by atoms with Crippen LogP contribution in [0.1, 0.15) is 30.0 Å². The van der Waals surface area contributed by atoms with Crippen molar-refractivity contribution in [3.8, 4) is 5.75 Å². The molecule has 1 aromatic heterocycles. The topological polar surface area (TPSA) is 59.7 Å². The summed E-state index contributed by atoms with van der Waals surface area (Å²) >= 11 is 0. The maximum atomic E-state index is 11.4. The summed E-state index contributed by atoms with van der Waals surface area (Å²) in [6.45, 7) is 4.05. The number of carboxylic acid groups (broad SMARTS) is 1. The van der Waals surface area contributed by atoms with E-state index in [-0.39, 0.29) is 5.56 Å². The second kappa shape index (κ2) is 4.72. The van der Waals surface area contributed by atoms with Crippen LogP contribution in [0.15, 0.2) is 22.6 Å². The largest absolute Gasteiger partial charge is 0.497 e. The molecule has 1 heterocycles. The molecule has 0 radical (unpaired) electrons. The Morgan fingerprint density at radius 3 is 2.72 bits per heavy atom. The number of hydrogen-bond donors (Lipinski definition) is 1. The molecule has 0 saturated heterocycles. The van der Waals surface area contributed by atoms with Crippen molar-refractivity contribution in [3.05, 3.63) is 29.5 Å². The highest BCUT2D eigenvalue weighted by atomic mass is 16.5. The minimum absolute atomic E-state index is 0.248. The molecule has 0 bridgehead atoms. The standard InChI is InChI=1S/C14H16O4/c1-8(2)6-12-13(14(15)16)10-7-9(17-3)4-5-11(10)18-12/h4-5,7-8H,6H2,1-3H3,(H,15,16). The van der Waals surface area contributed by atoms with Gasteiger partial charge in [-0.05, 0) is 24.1 Å². The Labute approximate surface area is 105 Å². The summed E-state index contributed by atoms with van der Waals surface area (Å²) < 4.78 is 10.7. The lowest BCUT2D eigenvalue weighted by Crippen LogP contribution is -2.02. The minimum Gasteiger partial charge on any atom is -0.497 e. The Balaban J connectivity index is 2.64. The van der Waals surface area contributed by atoms with E-state index in [1.165, 1.54) is 0 Å². The van der Waals surface area contributed by atoms with Crippen molar-refractivity contribution < 1.29 is 19.1 Å². The van der Waals surface area contributed by atoms with Gasteiger partial charge in [0, 0.05) is 11.8 Å². The van der Waals surface area contributed by atoms with Crippen molar-refractivity contribution in [1.29, 1.82) is 0 Å². The predicted octanol–water partition coefficient (Wildman–Crippen LogP) is 3.34. The van der Waals surface area contributed by atoms with Gasteiger partial charge in [-0.25, -0.2) is 4.79 Å². The molecular weight excluding hydrogens is 232 g/mol. The molecule has 0 aliphatic heterocycles. The summed E-state index contributed by atoms with van der Waals surface area (Å²) in [6.07, 6.45) is 0.610. The Morgan fingerprint density at radius 1 is 1.44 bits per heavy atom. The van der Waals surface area contributed by atoms with Gasteiger partial charge in [-0.2, -0.15) is 0 Å². The summed E-state index contributed by atoms with van der Waals surface area (Å²) in [4.78, 5) is 11.4. The summed E-state index contributed by atoms with van der Waals surface area (Å²) in [5, 5.41) is 9.92. The second-order valence-electron chi connectivity index (χ2n) is 4.67. The van der Waals surface area contributed by atoms with Gasteiger partial charge in [-0.1, -0.05) is 13.8 Å². The molecule has 0 fully saturated rings. The van der Waals surface area contributed by atoms with E-state index in [0.717, 1.165) is 0 Å². The van der Waals surface area contributed by atoms with Crippen LogP contribution in [0.5, 0.6) is 5.75 Å². The molecule has 4 heteroatoms. The Kier molecular flexibility index (Phi) is 3.28. The lowest BCUT2D eigenvalue weighted by Gasteiger charge is -2.02. The Morgan fingerprint density at radius 2 is 2.17 bits per heavy atom. The van der Waals surface area contributed by atoms with Crippen LogP contribution in [-0.4, -0.2) is 18.2 Å². The first-order valence-electron chi connectivity index (χ1n) is 5.85. The van der Waals surface area contributed by atoms with Crippen LogP contribution in [0.25, 0.3) is 11.0 Å². The fourth-order valence-corrected chi connectivity index (χ4v) is 2.00. The molecule has 0 unspecified atom stereocenters. The lowest BCUT2D eigenvalue weighted by atomic mass is 10.0. The van der Waals surface area contributed by atoms with Crippen molar-refractivity contribution >= 4 is 16.9 Å². The minimum atomic E-state index is -0.961. The van der Waals surface area contributed by atoms with Gasteiger partial charge < -0.3 is 14.3 Å². The van der Waals surface area contributed by atoms with Crippen molar-refractivity contribution in [2.75, 3.05) is 7.11 Å². The quantitative estimate of drug-likeness (QED) is 0.901. The molecule has 18 heavy (non-hydrogen) atoms. The van der Waals surface area contributed by atoms with E-state index < -0.39 is 5.97 Å². The number of carboxylic acids is 1. The van der Waals surface area contributed by atoms with Crippen LogP contribution in [0, 0.1) is 5.92 Å². The monoisotopic (exact) mass is 248 g/mol. The fraction of sp³-hybridized carbons (Fsp3) is 0.357. The number of methoxy groups -OCH3 is 1. The van der Waals surface area contributed by atoms with E-state index in [1.54, 1.807) is 25.3 Å². The predicted molar refractivity (Wildman–Crippen MR) is 68.3 cm³/mol. The van der Waals surface area contributed by atoms with Crippen LogP contribution in [-0.2, 0) is 6.42 Å². The normalized spacial score (nSPS) is 11.1. The second-order valence-corrected chi connectivity index (χ2v) is 4.67. The van der Waals surface area contributed by atoms with E-state index in [1.807, 2.05) is 13.8 Å². The van der Waals surface area contributed by atoms with Gasteiger partial charge in [-0.15, -0.1) is 0 Å². The summed E-state index contributed by atoms with van der Waals surface area (Å²) in [5.41, 5.74) is 0.835. The van der Waals surface area contributed by atoms with Gasteiger partial charge in [0.1, 0.15) is 22.7 Å². The van der Waals surface area contributed by atoms with E-state index >= 15 is 0 Å². The van der Waals surface area contributed by atoms with Gasteiger partial charge in [-0.3, -0.25) is 0 Å². The first-order chi connectivity index (χ1) is 8.52. The first-order valence-corrected chi connectivity index (χ1v) is 5.85. The van der Waals surface area contributed by atoms with Crippen molar-refractivity contribution in [3.63, 3.8) is 0 Å². The molecule has 96 valence electrons. The molecule has 4 nitrogen and oxygen atoms in total. The Hall–Kier alpha value is -1.97. The van der Waals surface area contributed by atoms with Crippen molar-refractivity contribution in [2.45, 2.75) is 20.3 Å². The first kappa shape index (κ1) is 12.5. The SMILES string of the molecule is COc1ccc2oc(CC(C)C)c(C(=O)O)c2c1. The number of ether oxygens (including phenoxy) is 1. The molecule has 0 spiro atoms. The molecule has 2 rings (SSSR count). The molecule has 1 N–H and O–H groups in total. The highest BCUT2D eigenvalue weighted by Gasteiger charge is 2.21. The Bertz CT molecular complexity index is 581. The molecule has 0 aliphatic rings. The smallest absolute Gasteiger partial charge is 0.339 e. The van der Waals surface area contributed by atoms with Crippen molar-refractivity contribution in [1.82, 2.24) is 0 Å². The average Bonchev–Trinajstić information content (AvgIpc) is 2.64. The van der Waals surface area contributed by atoms with Gasteiger partial charge in [0.2, 0.25) is 0 Å². The number of furan rings is 1. The maximum Gasteiger partial charge on any atom is 0.339 e. The molecule has 0 atom stereocenters. The van der Waals surface area contributed by atoms with Gasteiger partial charge >= 0.3 is 5.97 Å². The highest BCUT2D eigenvalue weighted by Crippen LogP contribution is 2.30. The maximum absolute atomic E-state index is 11.4. The van der Waals surface area contributed by atoms with Crippen LogP contribution >= 0.6 is 0 Å². The molecule has 2 aromatic rings. The van der Waals surface area contributed by atoms with Crippen molar-refractivity contribution in [2.24, 2.45) is 5.92 Å². The zero-order valence-electron chi connectivity index (χ0n) is 10.7. The number of hydrogen-bond acceptors (Lipinski definition) is 3. The summed E-state index contributed by atoms with van der Waals surface area (Å²) in [6, 6.07) is 5.20. The van der Waals surface area contributed by atoms with Gasteiger partial charge in [0.15, 0.2) is 0 Å². The average molecular weight is 248 g/mol. The summed E-state index contributed by atoms with van der Waals surface area (Å²) in [7, 11) is 1.55. The molecule has 0 amide bonds. The molecule has 0 saturated carbocycles. The van der Waals surface area contributed by atoms with Crippen LogP contribution in [0.2, 0.25) is 0 Å². The van der Waals surface area contributed by atoms with Gasteiger partial charge in [0.25, 0.3) is 0 Å². The van der Waals surface area contributed by atoms with Crippen LogP contribution in [0.4, 0.5) is 0 Å². The molecular formula is C14H16O4. The zero-order chi connectivity index (χ0) is 13.3. The number of benzene rings is 1. The van der Waals surface area contributed by atoms with E-state index in [0.29, 0.717) is 34.8 Å². The molecule has 1 aromatic carbocycles. The fourth-order valence-electron chi connectivity index (χ4n) is 2.00. The third-order valence-electron chi connectivity index (χ3n) is 2.78. The highest BCUT2D eigenvalue weighted by molar-refractivity contribution is 6.04. The van der Waals surface area contributed by atoms with E-state index in [9.17, 15) is 9.90 Å². The number of fused-ring (bicyclic) bond motifs is 1. The van der Waals surface area contributed by atoms with Crippen LogP contribution < -0.4 is 4.74 Å². The number of carbonyl (C=O) groups is 1. The molecule has 0 aliphatic carbocycles. The summed E-state index contributed by atoms with van der Waals surface area (Å²) in [5.74, 6) is 0.533.